The highest BCUT2D eigenvalue weighted by molar-refractivity contribution is 5.67. The lowest BCUT2D eigenvalue weighted by Crippen LogP contribution is -2.28. The van der Waals surface area contributed by atoms with Crippen molar-refractivity contribution in [1.29, 1.82) is 0 Å². The quantitative estimate of drug-likeness (QED) is 0.0529. The van der Waals surface area contributed by atoms with Gasteiger partial charge < -0.3 is 42.5 Å². The summed E-state index contributed by atoms with van der Waals surface area (Å²) < 4.78 is 47.6. The molecule has 11 heteroatoms. The summed E-state index contributed by atoms with van der Waals surface area (Å²) >= 11 is 0. The van der Waals surface area contributed by atoms with Crippen molar-refractivity contribution >= 4 is 6.16 Å². The third-order valence-electron chi connectivity index (χ3n) is 8.67. The number of nitrogens with zero attached hydrogens (tertiary/aromatic N) is 1. The molecule has 0 N–H and O–H groups in total. The average Bonchev–Trinajstić information content (AvgIpc) is 3.11. The number of hydrogen-bond donors (Lipinski definition) is 0. The van der Waals surface area contributed by atoms with Crippen molar-refractivity contribution in [2.75, 3.05) is 66.1 Å². The Bertz CT molecular complexity index is 1630. The monoisotopic (exact) mass is 781 g/mol. The minimum Gasteiger partial charge on any atom is -0.483 e. The summed E-state index contributed by atoms with van der Waals surface area (Å²) in [6.45, 7) is 26.0. The molecule has 0 aliphatic rings. The van der Waals surface area contributed by atoms with Crippen molar-refractivity contribution in [2.24, 2.45) is 0 Å². The third-order valence-corrected chi connectivity index (χ3v) is 8.67. The molecule has 2 aromatic carbocycles. The second-order valence-corrected chi connectivity index (χ2v) is 16.8. The lowest BCUT2D eigenvalue weighted by molar-refractivity contribution is -0.0116. The number of hydrogen-bond acceptors (Lipinski definition) is 10. The number of aryl methyl sites for hydroxylation is 1. The van der Waals surface area contributed by atoms with Gasteiger partial charge in [-0.25, -0.2) is 4.79 Å². The normalized spacial score (nSPS) is 12.2. The molecule has 0 saturated heterocycles. The van der Waals surface area contributed by atoms with Crippen LogP contribution in [0.1, 0.15) is 96.7 Å². The lowest BCUT2D eigenvalue weighted by atomic mass is 9.78. The maximum atomic E-state index is 12.7. The van der Waals surface area contributed by atoms with Crippen LogP contribution in [-0.2, 0) is 58.8 Å². The minimum atomic E-state index is -0.691. The van der Waals surface area contributed by atoms with E-state index in [1.807, 2.05) is 62.6 Å². The Hall–Kier alpha value is -3.74. The fourth-order valence-electron chi connectivity index (χ4n) is 5.74. The molecule has 1 aromatic heterocycles. The summed E-state index contributed by atoms with van der Waals surface area (Å²) in [6, 6.07) is 15.6. The van der Waals surface area contributed by atoms with Crippen LogP contribution in [0.2, 0.25) is 0 Å². The van der Waals surface area contributed by atoms with E-state index in [0.717, 1.165) is 35.2 Å². The highest BCUT2D eigenvalue weighted by Crippen LogP contribution is 2.41. The van der Waals surface area contributed by atoms with E-state index in [4.69, 9.17) is 37.9 Å². The fraction of sp³-hybridized carbons (Fsp3) is 0.600. The Morgan fingerprint density at radius 1 is 0.625 bits per heavy atom. The minimum absolute atomic E-state index is 0.130. The molecule has 0 aliphatic heterocycles. The van der Waals surface area contributed by atoms with Gasteiger partial charge in [0.2, 0.25) is 5.43 Å². The average molecular weight is 782 g/mol. The molecule has 11 nitrogen and oxygen atoms in total. The zero-order valence-corrected chi connectivity index (χ0v) is 35.6. The maximum absolute atomic E-state index is 12.7. The largest absolute Gasteiger partial charge is 0.514 e. The van der Waals surface area contributed by atoms with Crippen molar-refractivity contribution in [3.8, 4) is 11.5 Å². The van der Waals surface area contributed by atoms with E-state index in [9.17, 15) is 9.59 Å². The molecule has 0 atom stereocenters. The molecule has 56 heavy (non-hydrogen) atoms. The van der Waals surface area contributed by atoms with Crippen LogP contribution in [0, 0.1) is 6.92 Å². The first-order chi connectivity index (χ1) is 26.5. The van der Waals surface area contributed by atoms with E-state index < -0.39 is 11.8 Å². The van der Waals surface area contributed by atoms with Crippen LogP contribution in [0.3, 0.4) is 0 Å². The van der Waals surface area contributed by atoms with Gasteiger partial charge in [0.25, 0.3) is 0 Å². The van der Waals surface area contributed by atoms with Crippen LogP contribution in [0.15, 0.2) is 59.5 Å². The van der Waals surface area contributed by atoms with Crippen LogP contribution < -0.4 is 14.9 Å². The molecule has 0 saturated carbocycles. The molecule has 3 aromatic rings. The van der Waals surface area contributed by atoms with Crippen molar-refractivity contribution in [1.82, 2.24) is 4.57 Å². The molecule has 1 heterocycles. The summed E-state index contributed by atoms with van der Waals surface area (Å²) in [4.78, 5) is 25.1. The van der Waals surface area contributed by atoms with E-state index in [2.05, 4.69) is 53.7 Å². The fourth-order valence-corrected chi connectivity index (χ4v) is 5.74. The predicted octanol–water partition coefficient (Wildman–Crippen LogP) is 8.36. The van der Waals surface area contributed by atoms with E-state index in [1.54, 1.807) is 6.20 Å². The highest BCUT2D eigenvalue weighted by Gasteiger charge is 2.30. The molecule has 0 amide bonds. The van der Waals surface area contributed by atoms with Gasteiger partial charge in [-0.05, 0) is 62.5 Å². The lowest BCUT2D eigenvalue weighted by Gasteiger charge is -2.30. The summed E-state index contributed by atoms with van der Waals surface area (Å²) in [5.41, 5.74) is 3.67. The molecule has 0 bridgehead atoms. The second-order valence-electron chi connectivity index (χ2n) is 16.8. The maximum Gasteiger partial charge on any atom is 0.514 e. The number of pyridine rings is 1. The summed E-state index contributed by atoms with van der Waals surface area (Å²) in [5, 5.41) is 0. The highest BCUT2D eigenvalue weighted by atomic mass is 16.7. The van der Waals surface area contributed by atoms with Crippen molar-refractivity contribution in [2.45, 2.75) is 112 Å². The standard InChI is InChI=1S/C45H67NO10/c1-34-40(54-33-35-15-12-11-13-16-35)39(47)18-19-46(34)20-22-50-24-26-52-28-30-53-29-27-51-25-23-49-21-14-17-36-31-37(43(2,3)4)41(38(32-36)44(5,6)7)55-42(48)56-45(8,9)10/h11-13,15-16,18-19,31-32H,14,17,20-30,33H2,1-10H3. The van der Waals surface area contributed by atoms with Crippen molar-refractivity contribution < 1.29 is 42.7 Å². The third kappa shape index (κ3) is 17.2. The molecule has 312 valence electrons. The van der Waals surface area contributed by atoms with Gasteiger partial charge in [-0.2, -0.15) is 0 Å². The first kappa shape index (κ1) is 46.6. The molecular formula is C45H67NO10. The Balaban J connectivity index is 1.23. The van der Waals surface area contributed by atoms with Crippen LogP contribution in [-0.4, -0.2) is 82.4 Å². The van der Waals surface area contributed by atoms with Gasteiger partial charge in [0.05, 0.1) is 65.2 Å². The number of rotatable bonds is 23. The van der Waals surface area contributed by atoms with Crippen LogP contribution in [0.4, 0.5) is 4.79 Å². The molecule has 0 aliphatic carbocycles. The Morgan fingerprint density at radius 3 is 1.62 bits per heavy atom. The first-order valence-electron chi connectivity index (χ1n) is 19.8. The number of carbonyl (C=O) groups excluding carboxylic acids is 1. The molecule has 0 radical (unpaired) electrons. The number of aromatic nitrogens is 1. The topological polar surface area (TPSA) is 113 Å². The van der Waals surface area contributed by atoms with Gasteiger partial charge in [0.15, 0.2) is 5.75 Å². The molecule has 3 rings (SSSR count). The van der Waals surface area contributed by atoms with Gasteiger partial charge in [0.1, 0.15) is 18.0 Å². The first-order valence-corrected chi connectivity index (χ1v) is 19.8. The second kappa shape index (κ2) is 22.9. The van der Waals surface area contributed by atoms with E-state index >= 15 is 0 Å². The Kier molecular flexibility index (Phi) is 19.0. The Labute approximate surface area is 334 Å². The molecule has 0 fully saturated rings. The summed E-state index contributed by atoms with van der Waals surface area (Å²) in [7, 11) is 0. The number of ether oxygens (including phenoxy) is 8. The predicted molar refractivity (Wildman–Crippen MR) is 219 cm³/mol. The van der Waals surface area contributed by atoms with Gasteiger partial charge in [-0.3, -0.25) is 4.79 Å². The van der Waals surface area contributed by atoms with Gasteiger partial charge >= 0.3 is 6.16 Å². The molecule has 0 unspecified atom stereocenters. The summed E-state index contributed by atoms with van der Waals surface area (Å²) in [6.07, 6.45) is 2.77. The van der Waals surface area contributed by atoms with E-state index in [0.29, 0.717) is 90.7 Å². The Morgan fingerprint density at radius 2 is 1.12 bits per heavy atom. The van der Waals surface area contributed by atoms with Crippen molar-refractivity contribution in [3.05, 3.63) is 92.9 Å². The van der Waals surface area contributed by atoms with Gasteiger partial charge in [0, 0.05) is 36.5 Å². The SMILES string of the molecule is Cc1c(OCc2ccccc2)c(=O)ccn1CCOCCOCCOCCOCCOCCCc1cc(C(C)(C)C)c(OC(=O)OC(C)(C)C)c(C(C)(C)C)c1. The smallest absolute Gasteiger partial charge is 0.483 e. The van der Waals surface area contributed by atoms with Crippen LogP contribution in [0.5, 0.6) is 11.5 Å². The number of carbonyl (C=O) groups is 1. The van der Waals surface area contributed by atoms with Gasteiger partial charge in [-0.15, -0.1) is 0 Å². The molecular weight excluding hydrogens is 714 g/mol. The zero-order valence-electron chi connectivity index (χ0n) is 35.6. The van der Waals surface area contributed by atoms with Gasteiger partial charge in [-0.1, -0.05) is 84.0 Å². The van der Waals surface area contributed by atoms with Crippen LogP contribution >= 0.6 is 0 Å². The van der Waals surface area contributed by atoms with E-state index in [1.165, 1.54) is 11.6 Å². The zero-order chi connectivity index (χ0) is 41.2. The van der Waals surface area contributed by atoms with Crippen molar-refractivity contribution in [3.63, 3.8) is 0 Å². The number of benzene rings is 2. The molecule has 0 spiro atoms. The van der Waals surface area contributed by atoms with Crippen LogP contribution in [0.25, 0.3) is 0 Å². The van der Waals surface area contributed by atoms with E-state index in [-0.39, 0.29) is 16.3 Å². The summed E-state index contributed by atoms with van der Waals surface area (Å²) in [5.74, 6) is 0.954.